The molecule has 0 saturated carbocycles. The van der Waals surface area contributed by atoms with Gasteiger partial charge in [-0.3, -0.25) is 0 Å². The van der Waals surface area contributed by atoms with Gasteiger partial charge in [0.1, 0.15) is 0 Å². The molecular weight excluding hydrogens is 282 g/mol. The Morgan fingerprint density at radius 1 is 1.40 bits per heavy atom. The second-order valence-electron chi connectivity index (χ2n) is 4.47. The van der Waals surface area contributed by atoms with Crippen molar-refractivity contribution in [3.05, 3.63) is 29.6 Å². The SMILES string of the molecule is O=C(O)c1ccc(OC2(C(F)(F)F)CCNC2)c(F)c1. The molecule has 0 spiro atoms. The van der Waals surface area contributed by atoms with Crippen LogP contribution in [0.15, 0.2) is 18.2 Å². The van der Waals surface area contributed by atoms with E-state index in [1.54, 1.807) is 0 Å². The Kier molecular flexibility index (Phi) is 3.59. The van der Waals surface area contributed by atoms with Crippen LogP contribution in [0.5, 0.6) is 5.75 Å². The summed E-state index contributed by atoms with van der Waals surface area (Å²) < 4.78 is 57.7. The second-order valence-corrected chi connectivity index (χ2v) is 4.47. The molecule has 1 aromatic carbocycles. The lowest BCUT2D eigenvalue weighted by Crippen LogP contribution is -2.52. The maximum absolute atomic E-state index is 13.6. The van der Waals surface area contributed by atoms with E-state index in [4.69, 9.17) is 9.84 Å². The molecule has 1 saturated heterocycles. The lowest BCUT2D eigenvalue weighted by molar-refractivity contribution is -0.241. The van der Waals surface area contributed by atoms with E-state index in [0.29, 0.717) is 6.07 Å². The fourth-order valence-corrected chi connectivity index (χ4v) is 1.98. The topological polar surface area (TPSA) is 58.6 Å². The van der Waals surface area contributed by atoms with Crippen LogP contribution in [0.4, 0.5) is 17.6 Å². The highest BCUT2D eigenvalue weighted by atomic mass is 19.4. The largest absolute Gasteiger partial charge is 0.478 e. The Labute approximate surface area is 111 Å². The maximum Gasteiger partial charge on any atom is 0.429 e. The summed E-state index contributed by atoms with van der Waals surface area (Å²) in [5.74, 6) is -3.13. The van der Waals surface area contributed by atoms with Crippen LogP contribution in [0.25, 0.3) is 0 Å². The molecule has 1 aliphatic rings. The molecule has 0 aliphatic carbocycles. The molecule has 1 unspecified atom stereocenters. The van der Waals surface area contributed by atoms with E-state index < -0.39 is 35.9 Å². The van der Waals surface area contributed by atoms with Gasteiger partial charge in [0.2, 0.25) is 5.60 Å². The number of halogens is 4. The summed E-state index contributed by atoms with van der Waals surface area (Å²) >= 11 is 0. The van der Waals surface area contributed by atoms with Gasteiger partial charge in [-0.1, -0.05) is 0 Å². The molecule has 4 nitrogen and oxygen atoms in total. The van der Waals surface area contributed by atoms with Crippen molar-refractivity contribution in [1.82, 2.24) is 5.32 Å². The van der Waals surface area contributed by atoms with Crippen LogP contribution < -0.4 is 10.1 Å². The van der Waals surface area contributed by atoms with Crippen molar-refractivity contribution in [1.29, 1.82) is 0 Å². The molecule has 110 valence electrons. The fraction of sp³-hybridized carbons (Fsp3) is 0.417. The number of aromatic carboxylic acids is 1. The number of alkyl halides is 3. The first-order chi connectivity index (χ1) is 9.25. The van der Waals surface area contributed by atoms with Gasteiger partial charge in [0.15, 0.2) is 11.6 Å². The van der Waals surface area contributed by atoms with Gasteiger partial charge in [-0.25, -0.2) is 9.18 Å². The first-order valence-electron chi connectivity index (χ1n) is 5.74. The smallest absolute Gasteiger partial charge is 0.429 e. The third kappa shape index (κ3) is 2.55. The number of rotatable bonds is 3. The zero-order valence-electron chi connectivity index (χ0n) is 10.1. The predicted octanol–water partition coefficient (Wildman–Crippen LogP) is 2.20. The van der Waals surface area contributed by atoms with E-state index in [-0.39, 0.29) is 18.5 Å². The zero-order chi connectivity index (χ0) is 15.0. The molecule has 1 heterocycles. The van der Waals surface area contributed by atoms with Gasteiger partial charge in [-0.15, -0.1) is 0 Å². The summed E-state index contributed by atoms with van der Waals surface area (Å²) in [5, 5.41) is 11.2. The van der Waals surface area contributed by atoms with Crippen LogP contribution in [0.3, 0.4) is 0 Å². The summed E-state index contributed by atoms with van der Waals surface area (Å²) in [6, 6.07) is 2.52. The number of carboxylic acid groups (broad SMARTS) is 1. The molecule has 0 bridgehead atoms. The minimum Gasteiger partial charge on any atom is -0.478 e. The maximum atomic E-state index is 13.6. The van der Waals surface area contributed by atoms with Gasteiger partial charge in [0.05, 0.1) is 5.56 Å². The molecule has 1 aromatic rings. The number of hydrogen-bond acceptors (Lipinski definition) is 3. The van der Waals surface area contributed by atoms with Crippen molar-refractivity contribution >= 4 is 5.97 Å². The Bertz CT molecular complexity index is 524. The lowest BCUT2D eigenvalue weighted by Gasteiger charge is -2.31. The minimum absolute atomic E-state index is 0.105. The van der Waals surface area contributed by atoms with Crippen molar-refractivity contribution in [3.63, 3.8) is 0 Å². The normalized spacial score (nSPS) is 22.8. The summed E-state index contributed by atoms with van der Waals surface area (Å²) in [7, 11) is 0. The summed E-state index contributed by atoms with van der Waals surface area (Å²) in [4.78, 5) is 10.6. The van der Waals surface area contributed by atoms with Gasteiger partial charge in [0.25, 0.3) is 0 Å². The quantitative estimate of drug-likeness (QED) is 0.839. The third-order valence-electron chi connectivity index (χ3n) is 3.12. The highest BCUT2D eigenvalue weighted by Crippen LogP contribution is 2.39. The van der Waals surface area contributed by atoms with E-state index in [9.17, 15) is 22.4 Å². The summed E-state index contributed by atoms with van der Waals surface area (Å²) in [6.45, 7) is -0.370. The molecule has 1 fully saturated rings. The average molecular weight is 293 g/mol. The standard InChI is InChI=1S/C12H11F4NO3/c13-8-5-7(10(18)19)1-2-9(8)20-11(12(14,15)16)3-4-17-6-11/h1-2,5,17H,3-4,6H2,(H,18,19). The van der Waals surface area contributed by atoms with Gasteiger partial charge < -0.3 is 15.2 Å². The molecular formula is C12H11F4NO3. The van der Waals surface area contributed by atoms with Crippen molar-refractivity contribution in [3.8, 4) is 5.75 Å². The number of hydrogen-bond donors (Lipinski definition) is 2. The average Bonchev–Trinajstić information content (AvgIpc) is 2.80. The third-order valence-corrected chi connectivity index (χ3v) is 3.12. The number of benzene rings is 1. The molecule has 0 radical (unpaired) electrons. The van der Waals surface area contributed by atoms with E-state index in [1.807, 2.05) is 0 Å². The highest BCUT2D eigenvalue weighted by molar-refractivity contribution is 5.87. The molecule has 1 aliphatic heterocycles. The van der Waals surface area contributed by atoms with Gasteiger partial charge in [-0.2, -0.15) is 13.2 Å². The molecule has 1 atom stereocenters. The number of nitrogens with one attached hydrogen (secondary N) is 1. The van der Waals surface area contributed by atoms with Gasteiger partial charge >= 0.3 is 12.1 Å². The number of carbonyl (C=O) groups is 1. The first kappa shape index (κ1) is 14.6. The Morgan fingerprint density at radius 3 is 2.55 bits per heavy atom. The molecule has 2 N–H and O–H groups in total. The van der Waals surface area contributed by atoms with E-state index in [0.717, 1.165) is 12.1 Å². The number of carboxylic acids is 1. The Balaban J connectivity index is 2.31. The van der Waals surface area contributed by atoms with Crippen LogP contribution in [0.2, 0.25) is 0 Å². The minimum atomic E-state index is -4.66. The molecule has 0 amide bonds. The monoisotopic (exact) mass is 293 g/mol. The summed E-state index contributed by atoms with van der Waals surface area (Å²) in [6.07, 6.45) is -5.00. The molecule has 2 rings (SSSR count). The van der Waals surface area contributed by atoms with Crippen LogP contribution in [0.1, 0.15) is 16.8 Å². The van der Waals surface area contributed by atoms with E-state index >= 15 is 0 Å². The first-order valence-corrected chi connectivity index (χ1v) is 5.74. The molecule has 20 heavy (non-hydrogen) atoms. The lowest BCUT2D eigenvalue weighted by atomic mass is 10.0. The highest BCUT2D eigenvalue weighted by Gasteiger charge is 2.59. The fourth-order valence-electron chi connectivity index (χ4n) is 1.98. The van der Waals surface area contributed by atoms with Crippen molar-refractivity contribution in [2.24, 2.45) is 0 Å². The molecule has 0 aromatic heterocycles. The van der Waals surface area contributed by atoms with Crippen molar-refractivity contribution in [2.45, 2.75) is 18.2 Å². The molecule has 8 heteroatoms. The van der Waals surface area contributed by atoms with Gasteiger partial charge in [0, 0.05) is 13.0 Å². The summed E-state index contributed by atoms with van der Waals surface area (Å²) in [5.41, 5.74) is -2.85. The van der Waals surface area contributed by atoms with Gasteiger partial charge in [-0.05, 0) is 24.7 Å². The van der Waals surface area contributed by atoms with Crippen LogP contribution in [0, 0.1) is 5.82 Å². The van der Waals surface area contributed by atoms with Crippen molar-refractivity contribution < 1.29 is 32.2 Å². The second kappa shape index (κ2) is 4.93. The Morgan fingerprint density at radius 2 is 2.10 bits per heavy atom. The van der Waals surface area contributed by atoms with E-state index in [2.05, 4.69) is 5.32 Å². The van der Waals surface area contributed by atoms with Crippen LogP contribution in [-0.2, 0) is 0 Å². The Hall–Kier alpha value is -1.83. The zero-order valence-corrected chi connectivity index (χ0v) is 10.1. The van der Waals surface area contributed by atoms with E-state index in [1.165, 1.54) is 0 Å². The predicted molar refractivity (Wildman–Crippen MR) is 60.3 cm³/mol. The van der Waals surface area contributed by atoms with Crippen molar-refractivity contribution in [2.75, 3.05) is 13.1 Å². The van der Waals surface area contributed by atoms with Crippen LogP contribution >= 0.6 is 0 Å². The number of ether oxygens (including phenoxy) is 1. The van der Waals surface area contributed by atoms with Crippen LogP contribution in [-0.4, -0.2) is 35.9 Å².